The Morgan fingerprint density at radius 1 is 0.941 bits per heavy atom. The molecule has 1 heteroatoms. The van der Waals surface area contributed by atoms with E-state index in [0.29, 0.717) is 0 Å². The first-order chi connectivity index (χ1) is 8.31. The summed E-state index contributed by atoms with van der Waals surface area (Å²) in [7, 11) is 0. The maximum absolute atomic E-state index is 3.77. The van der Waals surface area contributed by atoms with E-state index >= 15 is 0 Å². The van der Waals surface area contributed by atoms with Crippen LogP contribution in [-0.2, 0) is 0 Å². The number of rotatable bonds is 7. The summed E-state index contributed by atoms with van der Waals surface area (Å²) >= 11 is 0. The van der Waals surface area contributed by atoms with Crippen LogP contribution >= 0.6 is 0 Å². The minimum absolute atomic E-state index is 0.827. The van der Waals surface area contributed by atoms with Gasteiger partial charge in [-0.25, -0.2) is 0 Å². The van der Waals surface area contributed by atoms with Crippen molar-refractivity contribution in [2.75, 3.05) is 18.0 Å². The van der Waals surface area contributed by atoms with Gasteiger partial charge in [-0.1, -0.05) is 49.1 Å². The first-order valence-corrected chi connectivity index (χ1v) is 5.67. The Balaban J connectivity index is 2.82. The fourth-order valence-electron chi connectivity index (χ4n) is 1.57. The maximum Gasteiger partial charge on any atom is 0.0372 e. The van der Waals surface area contributed by atoms with Gasteiger partial charge in [0.2, 0.25) is 0 Å². The highest BCUT2D eigenvalue weighted by molar-refractivity contribution is 5.57. The van der Waals surface area contributed by atoms with Crippen LogP contribution in [0.2, 0.25) is 0 Å². The van der Waals surface area contributed by atoms with Crippen molar-refractivity contribution in [3.05, 3.63) is 73.9 Å². The summed E-state index contributed by atoms with van der Waals surface area (Å²) < 4.78 is 0. The van der Waals surface area contributed by atoms with Crippen molar-refractivity contribution in [2.24, 2.45) is 0 Å². The second kappa shape index (κ2) is 7.29. The number of hydrogen-bond acceptors (Lipinski definition) is 1. The van der Waals surface area contributed by atoms with Gasteiger partial charge in [-0.3, -0.25) is 0 Å². The van der Waals surface area contributed by atoms with E-state index in [9.17, 15) is 0 Å². The zero-order valence-electron chi connectivity index (χ0n) is 10.2. The van der Waals surface area contributed by atoms with Gasteiger partial charge >= 0.3 is 0 Å². The molecule has 0 heterocycles. The topological polar surface area (TPSA) is 3.24 Å². The van der Waals surface area contributed by atoms with Crippen LogP contribution in [0.1, 0.15) is 5.56 Å². The van der Waals surface area contributed by atoms with E-state index in [0.717, 1.165) is 13.1 Å². The standard InChI is InChI=1S/C16H19N/c1-4-7-8-15-9-11-16(12-10-15)17(13-5-2)14-6-3/h4-12H,1-3,13-14H2/b8-7+. The first-order valence-electron chi connectivity index (χ1n) is 5.67. The summed E-state index contributed by atoms with van der Waals surface area (Å²) in [6.45, 7) is 12.8. The van der Waals surface area contributed by atoms with Gasteiger partial charge in [-0.15, -0.1) is 13.2 Å². The number of nitrogens with zero attached hydrogens (tertiary/aromatic N) is 1. The Morgan fingerprint density at radius 2 is 1.53 bits per heavy atom. The van der Waals surface area contributed by atoms with Crippen molar-refractivity contribution >= 4 is 11.8 Å². The average Bonchev–Trinajstić information content (AvgIpc) is 2.37. The molecule has 1 nitrogen and oxygen atoms in total. The van der Waals surface area contributed by atoms with E-state index in [1.54, 1.807) is 6.08 Å². The molecule has 0 saturated carbocycles. The normalized spacial score (nSPS) is 10.1. The van der Waals surface area contributed by atoms with Crippen molar-refractivity contribution in [1.82, 2.24) is 0 Å². The van der Waals surface area contributed by atoms with Crippen molar-refractivity contribution in [3.63, 3.8) is 0 Å². The van der Waals surface area contributed by atoms with Crippen LogP contribution in [0.5, 0.6) is 0 Å². The molecular weight excluding hydrogens is 206 g/mol. The van der Waals surface area contributed by atoms with Gasteiger partial charge in [0.25, 0.3) is 0 Å². The van der Waals surface area contributed by atoms with Gasteiger partial charge in [0.1, 0.15) is 0 Å². The molecule has 0 saturated heterocycles. The quantitative estimate of drug-likeness (QED) is 0.499. The van der Waals surface area contributed by atoms with Gasteiger partial charge in [0.05, 0.1) is 0 Å². The van der Waals surface area contributed by atoms with E-state index in [4.69, 9.17) is 0 Å². The Bertz CT molecular complexity index is 388. The van der Waals surface area contributed by atoms with Gasteiger partial charge in [-0.05, 0) is 17.7 Å². The van der Waals surface area contributed by atoms with Crippen LogP contribution in [0, 0.1) is 0 Å². The van der Waals surface area contributed by atoms with Crippen LogP contribution < -0.4 is 4.90 Å². The van der Waals surface area contributed by atoms with E-state index < -0.39 is 0 Å². The predicted molar refractivity (Wildman–Crippen MR) is 78.3 cm³/mol. The average molecular weight is 225 g/mol. The summed E-state index contributed by atoms with van der Waals surface area (Å²) in [4.78, 5) is 2.21. The number of benzene rings is 1. The second-order valence-electron chi connectivity index (χ2n) is 3.67. The predicted octanol–water partition coefficient (Wildman–Crippen LogP) is 4.06. The fourth-order valence-corrected chi connectivity index (χ4v) is 1.57. The lowest BCUT2D eigenvalue weighted by molar-refractivity contribution is 0.957. The van der Waals surface area contributed by atoms with Crippen molar-refractivity contribution in [1.29, 1.82) is 0 Å². The highest BCUT2D eigenvalue weighted by Crippen LogP contribution is 2.16. The van der Waals surface area contributed by atoms with E-state index in [-0.39, 0.29) is 0 Å². The molecule has 0 unspecified atom stereocenters. The van der Waals surface area contributed by atoms with Crippen molar-refractivity contribution in [2.45, 2.75) is 0 Å². The van der Waals surface area contributed by atoms with Crippen molar-refractivity contribution in [3.8, 4) is 0 Å². The molecule has 0 aromatic heterocycles. The molecule has 17 heavy (non-hydrogen) atoms. The zero-order chi connectivity index (χ0) is 12.5. The maximum atomic E-state index is 3.77. The summed E-state index contributed by atoms with van der Waals surface area (Å²) in [6.07, 6.45) is 9.53. The molecule has 1 aromatic carbocycles. The molecule has 88 valence electrons. The van der Waals surface area contributed by atoms with Gasteiger partial charge in [0, 0.05) is 18.8 Å². The Labute approximate surface area is 104 Å². The van der Waals surface area contributed by atoms with Gasteiger partial charge in [0.15, 0.2) is 0 Å². The summed E-state index contributed by atoms with van der Waals surface area (Å²) in [5.41, 5.74) is 2.35. The minimum atomic E-state index is 0.827. The van der Waals surface area contributed by atoms with Gasteiger partial charge in [-0.2, -0.15) is 0 Å². The molecule has 0 aliphatic rings. The van der Waals surface area contributed by atoms with E-state index in [1.165, 1.54) is 11.3 Å². The highest BCUT2D eigenvalue weighted by atomic mass is 15.1. The molecule has 0 amide bonds. The zero-order valence-corrected chi connectivity index (χ0v) is 10.2. The molecule has 1 rings (SSSR count). The molecule has 0 aliphatic heterocycles. The third kappa shape index (κ3) is 4.15. The van der Waals surface area contributed by atoms with E-state index in [1.807, 2.05) is 24.3 Å². The monoisotopic (exact) mass is 225 g/mol. The molecular formula is C16H19N. The molecule has 0 bridgehead atoms. The van der Waals surface area contributed by atoms with Crippen LogP contribution in [0.4, 0.5) is 5.69 Å². The van der Waals surface area contributed by atoms with Crippen molar-refractivity contribution < 1.29 is 0 Å². The smallest absolute Gasteiger partial charge is 0.0372 e. The molecule has 0 fully saturated rings. The third-order valence-electron chi connectivity index (χ3n) is 2.38. The summed E-state index contributed by atoms with van der Waals surface area (Å²) in [5, 5.41) is 0. The largest absolute Gasteiger partial charge is 0.364 e. The molecule has 1 aromatic rings. The molecule has 0 spiro atoms. The molecule has 0 radical (unpaired) electrons. The molecule has 0 aliphatic carbocycles. The van der Waals surface area contributed by atoms with Crippen LogP contribution in [0.3, 0.4) is 0 Å². The minimum Gasteiger partial charge on any atom is -0.364 e. The molecule has 0 atom stereocenters. The highest BCUT2D eigenvalue weighted by Gasteiger charge is 2.01. The lowest BCUT2D eigenvalue weighted by Crippen LogP contribution is -2.22. The Hall–Kier alpha value is -2.02. The molecule has 0 N–H and O–H groups in total. The van der Waals surface area contributed by atoms with Gasteiger partial charge < -0.3 is 4.90 Å². The number of hydrogen-bond donors (Lipinski definition) is 0. The third-order valence-corrected chi connectivity index (χ3v) is 2.38. The SMILES string of the molecule is C=C/C=C/c1ccc(N(CC=C)CC=C)cc1. The van der Waals surface area contributed by atoms with Crippen LogP contribution in [0.15, 0.2) is 68.3 Å². The van der Waals surface area contributed by atoms with Crippen LogP contribution in [0.25, 0.3) is 6.08 Å². The first kappa shape index (κ1) is 13.0. The van der Waals surface area contributed by atoms with E-state index in [2.05, 4.69) is 48.9 Å². The summed E-state index contributed by atoms with van der Waals surface area (Å²) in [6, 6.07) is 8.40. The Morgan fingerprint density at radius 3 is 2.00 bits per heavy atom. The number of anilines is 1. The lowest BCUT2D eigenvalue weighted by atomic mass is 10.2. The fraction of sp³-hybridized carbons (Fsp3) is 0.125. The lowest BCUT2D eigenvalue weighted by Gasteiger charge is -2.21. The second-order valence-corrected chi connectivity index (χ2v) is 3.67. The number of allylic oxidation sites excluding steroid dienone is 2. The Kier molecular flexibility index (Phi) is 5.59. The van der Waals surface area contributed by atoms with Crippen LogP contribution in [-0.4, -0.2) is 13.1 Å². The summed E-state index contributed by atoms with van der Waals surface area (Å²) in [5.74, 6) is 0.